The maximum atomic E-state index is 11.0. The van der Waals surface area contributed by atoms with E-state index in [-0.39, 0.29) is 21.4 Å². The van der Waals surface area contributed by atoms with Crippen LogP contribution in [0.2, 0.25) is 10.0 Å². The first kappa shape index (κ1) is 21.8. The lowest BCUT2D eigenvalue weighted by Crippen LogP contribution is -2.60. The number of aliphatic hydroxyl groups excluding tert-OH is 4. The van der Waals surface area contributed by atoms with Crippen LogP contribution in [0.15, 0.2) is 36.4 Å². The summed E-state index contributed by atoms with van der Waals surface area (Å²) in [7, 11) is 0. The largest absolute Gasteiger partial charge is 0.478 e. The van der Waals surface area contributed by atoms with Gasteiger partial charge in [0.2, 0.25) is 6.29 Å². The summed E-state index contributed by atoms with van der Waals surface area (Å²) in [6, 6.07) is 8.79. The summed E-state index contributed by atoms with van der Waals surface area (Å²) in [5.41, 5.74) is 1.15. The summed E-state index contributed by atoms with van der Waals surface area (Å²) in [5.74, 6) is -0.938. The van der Waals surface area contributed by atoms with Crippen LogP contribution < -0.4 is 4.74 Å². The Hall–Kier alpha value is -1.91. The smallest absolute Gasteiger partial charge is 0.335 e. The second-order valence-corrected chi connectivity index (χ2v) is 7.27. The normalized spacial score (nSPS) is 26.9. The Balaban J connectivity index is 1.85. The number of hydrogen-bond acceptors (Lipinski definition) is 7. The number of carboxylic acid groups (broad SMARTS) is 1. The second-order valence-electron chi connectivity index (χ2n) is 6.46. The van der Waals surface area contributed by atoms with Crippen molar-refractivity contribution in [2.24, 2.45) is 0 Å². The SMILES string of the molecule is O=C(O)c1ccc(-c2c(Cl)cc(O[C@H]3O[C@H](CO)[C@@H](O)[C@H](O)[C@@H]3O)cc2Cl)cc1. The van der Waals surface area contributed by atoms with Gasteiger partial charge in [0.25, 0.3) is 0 Å². The van der Waals surface area contributed by atoms with Gasteiger partial charge in [-0.2, -0.15) is 0 Å². The van der Waals surface area contributed by atoms with Crippen molar-refractivity contribution in [1.29, 1.82) is 0 Å². The van der Waals surface area contributed by atoms with E-state index < -0.39 is 43.3 Å². The average molecular weight is 445 g/mol. The van der Waals surface area contributed by atoms with Crippen molar-refractivity contribution in [1.82, 2.24) is 0 Å². The summed E-state index contributed by atoms with van der Waals surface area (Å²) in [6.45, 7) is -0.586. The topological polar surface area (TPSA) is 137 Å². The Morgan fingerprint density at radius 3 is 2.10 bits per heavy atom. The third-order valence-corrected chi connectivity index (χ3v) is 5.13. The molecule has 3 rings (SSSR count). The van der Waals surface area contributed by atoms with E-state index in [0.29, 0.717) is 11.1 Å². The molecule has 0 aromatic heterocycles. The van der Waals surface area contributed by atoms with Gasteiger partial charge in [0.05, 0.1) is 22.2 Å². The average Bonchev–Trinajstić information content (AvgIpc) is 2.68. The van der Waals surface area contributed by atoms with Gasteiger partial charge in [-0.1, -0.05) is 35.3 Å². The Labute approximate surface area is 175 Å². The monoisotopic (exact) mass is 444 g/mol. The third kappa shape index (κ3) is 4.49. The van der Waals surface area contributed by atoms with Crippen molar-refractivity contribution in [3.05, 3.63) is 52.0 Å². The van der Waals surface area contributed by atoms with Crippen molar-refractivity contribution in [2.75, 3.05) is 6.61 Å². The summed E-state index contributed by atoms with van der Waals surface area (Å²) < 4.78 is 10.8. The number of halogens is 2. The summed E-state index contributed by atoms with van der Waals surface area (Å²) in [4.78, 5) is 11.0. The van der Waals surface area contributed by atoms with Crippen molar-refractivity contribution in [3.63, 3.8) is 0 Å². The van der Waals surface area contributed by atoms with Gasteiger partial charge in [-0.3, -0.25) is 0 Å². The van der Waals surface area contributed by atoms with E-state index in [1.807, 2.05) is 0 Å². The highest BCUT2D eigenvalue weighted by Crippen LogP contribution is 2.39. The van der Waals surface area contributed by atoms with E-state index in [0.717, 1.165) is 0 Å². The number of carboxylic acids is 1. The van der Waals surface area contributed by atoms with Crippen LogP contribution in [0.5, 0.6) is 5.75 Å². The molecular formula is C19H18Cl2O8. The Morgan fingerprint density at radius 2 is 1.59 bits per heavy atom. The van der Waals surface area contributed by atoms with Crippen molar-refractivity contribution in [2.45, 2.75) is 30.7 Å². The molecule has 0 aliphatic carbocycles. The zero-order valence-corrected chi connectivity index (χ0v) is 16.3. The molecule has 1 aliphatic heterocycles. The van der Waals surface area contributed by atoms with E-state index in [9.17, 15) is 25.2 Å². The molecule has 0 unspecified atom stereocenters. The van der Waals surface area contributed by atoms with Crippen LogP contribution in [0.3, 0.4) is 0 Å². The van der Waals surface area contributed by atoms with E-state index in [1.165, 1.54) is 24.3 Å². The predicted octanol–water partition coefficient (Wildman–Crippen LogP) is 1.54. The summed E-state index contributed by atoms with van der Waals surface area (Å²) >= 11 is 12.6. The van der Waals surface area contributed by atoms with Gasteiger partial charge >= 0.3 is 5.97 Å². The summed E-state index contributed by atoms with van der Waals surface area (Å²) in [5, 5.41) is 48.4. The first-order valence-electron chi connectivity index (χ1n) is 8.53. The Bertz CT molecular complexity index is 863. The van der Waals surface area contributed by atoms with Gasteiger partial charge in [-0.25, -0.2) is 4.79 Å². The highest BCUT2D eigenvalue weighted by molar-refractivity contribution is 6.39. The van der Waals surface area contributed by atoms with Crippen LogP contribution in [-0.4, -0.2) is 68.8 Å². The molecule has 156 valence electrons. The number of benzene rings is 2. The molecule has 10 heteroatoms. The predicted molar refractivity (Wildman–Crippen MR) is 103 cm³/mol. The minimum atomic E-state index is -1.58. The quantitative estimate of drug-likeness (QED) is 0.468. The second kappa shape index (κ2) is 8.85. The maximum Gasteiger partial charge on any atom is 0.335 e. The molecule has 0 bridgehead atoms. The zero-order valence-electron chi connectivity index (χ0n) is 14.8. The standard InChI is InChI=1S/C19H18Cl2O8/c20-11-5-10(28-19-17(25)16(24)15(23)13(7-22)29-19)6-12(21)14(11)8-1-3-9(4-2-8)18(26)27/h1-6,13,15-17,19,22-25H,7H2,(H,26,27)/t13-,15-,16+,17+,19+/m1/s1. The van der Waals surface area contributed by atoms with Gasteiger partial charge < -0.3 is 35.0 Å². The van der Waals surface area contributed by atoms with Crippen molar-refractivity contribution >= 4 is 29.2 Å². The van der Waals surface area contributed by atoms with Gasteiger partial charge in [0, 0.05) is 5.56 Å². The minimum Gasteiger partial charge on any atom is -0.478 e. The molecule has 5 atom stereocenters. The van der Waals surface area contributed by atoms with Crippen LogP contribution >= 0.6 is 23.2 Å². The molecule has 2 aromatic rings. The third-order valence-electron chi connectivity index (χ3n) is 4.54. The molecule has 0 spiro atoms. The maximum absolute atomic E-state index is 11.0. The highest BCUT2D eigenvalue weighted by Gasteiger charge is 2.44. The van der Waals surface area contributed by atoms with E-state index in [1.54, 1.807) is 12.1 Å². The minimum absolute atomic E-state index is 0.114. The number of carbonyl (C=O) groups is 1. The molecule has 1 fully saturated rings. The van der Waals surface area contributed by atoms with E-state index >= 15 is 0 Å². The van der Waals surface area contributed by atoms with Crippen LogP contribution in [0.1, 0.15) is 10.4 Å². The fraction of sp³-hybridized carbons (Fsp3) is 0.316. The van der Waals surface area contributed by atoms with Crippen LogP contribution in [-0.2, 0) is 4.74 Å². The number of rotatable bonds is 5. The number of hydrogen-bond donors (Lipinski definition) is 5. The molecule has 2 aromatic carbocycles. The van der Waals surface area contributed by atoms with Gasteiger partial charge in [0.15, 0.2) is 0 Å². The summed E-state index contributed by atoms with van der Waals surface area (Å²) in [6.07, 6.45) is -7.15. The first-order chi connectivity index (χ1) is 13.7. The molecule has 0 saturated carbocycles. The molecule has 1 aliphatic rings. The molecule has 0 radical (unpaired) electrons. The number of ether oxygens (including phenoxy) is 2. The molecule has 8 nitrogen and oxygen atoms in total. The molecular weight excluding hydrogens is 427 g/mol. The highest BCUT2D eigenvalue weighted by atomic mass is 35.5. The molecule has 1 heterocycles. The lowest BCUT2D eigenvalue weighted by molar-refractivity contribution is -0.277. The zero-order chi connectivity index (χ0) is 21.3. The van der Waals surface area contributed by atoms with Crippen LogP contribution in [0.4, 0.5) is 0 Å². The number of aliphatic hydroxyl groups is 4. The van der Waals surface area contributed by atoms with E-state index in [4.69, 9.17) is 37.8 Å². The molecule has 1 saturated heterocycles. The lowest BCUT2D eigenvalue weighted by Gasteiger charge is -2.39. The Morgan fingerprint density at radius 1 is 1.00 bits per heavy atom. The van der Waals surface area contributed by atoms with Crippen LogP contribution in [0, 0.1) is 0 Å². The first-order valence-corrected chi connectivity index (χ1v) is 9.28. The van der Waals surface area contributed by atoms with Gasteiger partial charge in [0.1, 0.15) is 30.2 Å². The van der Waals surface area contributed by atoms with Gasteiger partial charge in [-0.15, -0.1) is 0 Å². The van der Waals surface area contributed by atoms with E-state index in [2.05, 4.69) is 0 Å². The fourth-order valence-corrected chi connectivity index (χ4v) is 3.66. The number of aromatic carboxylic acids is 1. The molecule has 0 amide bonds. The molecule has 5 N–H and O–H groups in total. The fourth-order valence-electron chi connectivity index (χ4n) is 2.97. The van der Waals surface area contributed by atoms with Crippen molar-refractivity contribution < 1.29 is 39.8 Å². The van der Waals surface area contributed by atoms with Crippen LogP contribution in [0.25, 0.3) is 11.1 Å². The lowest BCUT2D eigenvalue weighted by atomic mass is 9.99. The van der Waals surface area contributed by atoms with Gasteiger partial charge in [-0.05, 0) is 29.8 Å². The molecule has 29 heavy (non-hydrogen) atoms. The van der Waals surface area contributed by atoms with Crippen molar-refractivity contribution in [3.8, 4) is 16.9 Å². The Kier molecular flexibility index (Phi) is 6.65.